The Bertz CT molecular complexity index is 993. The molecule has 0 bridgehead atoms. The number of carbonyl (C=O) groups is 2. The number of nitrogens with one attached hydrogen (secondary N) is 3. The van der Waals surface area contributed by atoms with E-state index < -0.39 is 12.1 Å². The fourth-order valence-corrected chi connectivity index (χ4v) is 3.69. The minimum absolute atomic E-state index is 0.124. The summed E-state index contributed by atoms with van der Waals surface area (Å²) in [5.41, 5.74) is 1.54. The zero-order chi connectivity index (χ0) is 20.8. The van der Waals surface area contributed by atoms with Crippen molar-refractivity contribution >= 4 is 50.0 Å². The highest BCUT2D eigenvalue weighted by Crippen LogP contribution is 2.26. The molecule has 3 N–H and O–H groups in total. The van der Waals surface area contributed by atoms with E-state index in [0.717, 1.165) is 10.0 Å². The molecule has 7 nitrogen and oxygen atoms in total. The fraction of sp³-hybridized carbons (Fsp3) is 0.200. The highest BCUT2D eigenvalue weighted by molar-refractivity contribution is 9.10. The van der Waals surface area contributed by atoms with Crippen molar-refractivity contribution in [2.45, 2.75) is 19.9 Å². The van der Waals surface area contributed by atoms with Gasteiger partial charge >= 0.3 is 6.03 Å². The average molecular weight is 474 g/mol. The summed E-state index contributed by atoms with van der Waals surface area (Å²) in [5, 5.41) is 17.5. The molecule has 0 saturated heterocycles. The van der Waals surface area contributed by atoms with E-state index in [2.05, 4.69) is 42.1 Å². The molecular formula is C20H20BrN5O2S. The van der Waals surface area contributed by atoms with Crippen LogP contribution in [0, 0.1) is 5.92 Å². The second-order valence-electron chi connectivity index (χ2n) is 6.57. The SMILES string of the molecule is CC(C)C(NC(=O)Nc1ccccc1Br)C(=O)Nc1nnc(-c2ccccc2)s1. The minimum Gasteiger partial charge on any atom is -0.326 e. The number of halogens is 1. The number of amides is 3. The molecule has 1 atom stereocenters. The normalized spacial score (nSPS) is 11.7. The van der Waals surface area contributed by atoms with Crippen LogP contribution in [0.1, 0.15) is 13.8 Å². The number of urea groups is 1. The number of aromatic nitrogens is 2. The average Bonchev–Trinajstić information content (AvgIpc) is 3.17. The van der Waals surface area contributed by atoms with Gasteiger partial charge in [-0.1, -0.05) is 67.6 Å². The number of carbonyl (C=O) groups excluding carboxylic acids is 2. The smallest absolute Gasteiger partial charge is 0.319 e. The third kappa shape index (κ3) is 5.61. The molecule has 1 unspecified atom stereocenters. The van der Waals surface area contributed by atoms with E-state index in [4.69, 9.17) is 0 Å². The summed E-state index contributed by atoms with van der Waals surface area (Å²) < 4.78 is 0.753. The maximum absolute atomic E-state index is 12.7. The largest absolute Gasteiger partial charge is 0.326 e. The molecule has 0 radical (unpaired) electrons. The third-order valence-electron chi connectivity index (χ3n) is 4.03. The number of para-hydroxylation sites is 1. The first kappa shape index (κ1) is 20.9. The van der Waals surface area contributed by atoms with E-state index >= 15 is 0 Å². The molecule has 2 aromatic carbocycles. The van der Waals surface area contributed by atoms with Crippen molar-refractivity contribution in [2.24, 2.45) is 5.92 Å². The van der Waals surface area contributed by atoms with E-state index in [-0.39, 0.29) is 11.8 Å². The molecule has 0 aliphatic rings. The molecule has 1 aromatic heterocycles. The maximum atomic E-state index is 12.7. The van der Waals surface area contributed by atoms with Crippen molar-refractivity contribution in [1.82, 2.24) is 15.5 Å². The summed E-state index contributed by atoms with van der Waals surface area (Å²) in [5.74, 6) is -0.473. The topological polar surface area (TPSA) is 96.0 Å². The van der Waals surface area contributed by atoms with Gasteiger partial charge in [0.15, 0.2) is 0 Å². The van der Waals surface area contributed by atoms with Gasteiger partial charge in [-0.2, -0.15) is 0 Å². The summed E-state index contributed by atoms with van der Waals surface area (Å²) in [6.07, 6.45) is 0. The highest BCUT2D eigenvalue weighted by Gasteiger charge is 2.25. The van der Waals surface area contributed by atoms with Gasteiger partial charge in [-0.15, -0.1) is 10.2 Å². The molecular weight excluding hydrogens is 454 g/mol. The monoisotopic (exact) mass is 473 g/mol. The van der Waals surface area contributed by atoms with Crippen molar-refractivity contribution < 1.29 is 9.59 Å². The number of anilines is 2. The molecule has 3 rings (SSSR count). The lowest BCUT2D eigenvalue weighted by atomic mass is 10.0. The van der Waals surface area contributed by atoms with Gasteiger partial charge in [0.1, 0.15) is 11.0 Å². The number of rotatable bonds is 6. The van der Waals surface area contributed by atoms with Crippen LogP contribution in [0.3, 0.4) is 0 Å². The zero-order valence-electron chi connectivity index (χ0n) is 15.8. The first-order chi connectivity index (χ1) is 13.9. The number of hydrogen-bond acceptors (Lipinski definition) is 5. The van der Waals surface area contributed by atoms with Crippen LogP contribution in [0.25, 0.3) is 10.6 Å². The lowest BCUT2D eigenvalue weighted by Gasteiger charge is -2.21. The summed E-state index contributed by atoms with van der Waals surface area (Å²) in [7, 11) is 0. The van der Waals surface area contributed by atoms with Crippen LogP contribution in [0.2, 0.25) is 0 Å². The molecule has 150 valence electrons. The lowest BCUT2D eigenvalue weighted by molar-refractivity contribution is -0.118. The van der Waals surface area contributed by atoms with Gasteiger partial charge in [0, 0.05) is 10.0 Å². The van der Waals surface area contributed by atoms with Crippen molar-refractivity contribution in [1.29, 1.82) is 0 Å². The molecule has 3 amide bonds. The van der Waals surface area contributed by atoms with Crippen LogP contribution < -0.4 is 16.0 Å². The van der Waals surface area contributed by atoms with Crippen LogP contribution in [0.5, 0.6) is 0 Å². The zero-order valence-corrected chi connectivity index (χ0v) is 18.3. The Kier molecular flexibility index (Phi) is 6.95. The van der Waals surface area contributed by atoms with Gasteiger partial charge < -0.3 is 10.6 Å². The summed E-state index contributed by atoms with van der Waals surface area (Å²) in [6, 6.07) is 15.7. The van der Waals surface area contributed by atoms with Gasteiger partial charge in [-0.3, -0.25) is 10.1 Å². The van der Waals surface area contributed by atoms with Crippen molar-refractivity contribution in [3.8, 4) is 10.6 Å². The van der Waals surface area contributed by atoms with Gasteiger partial charge in [0.25, 0.3) is 0 Å². The molecule has 0 aliphatic heterocycles. The van der Waals surface area contributed by atoms with Gasteiger partial charge in [0.2, 0.25) is 11.0 Å². The Balaban J connectivity index is 1.65. The highest BCUT2D eigenvalue weighted by atomic mass is 79.9. The number of hydrogen-bond donors (Lipinski definition) is 3. The summed E-state index contributed by atoms with van der Waals surface area (Å²) in [6.45, 7) is 3.72. The van der Waals surface area contributed by atoms with E-state index in [1.807, 2.05) is 62.4 Å². The van der Waals surface area contributed by atoms with E-state index in [0.29, 0.717) is 15.8 Å². The molecule has 3 aromatic rings. The first-order valence-electron chi connectivity index (χ1n) is 8.96. The number of benzene rings is 2. The molecule has 0 aliphatic carbocycles. The van der Waals surface area contributed by atoms with E-state index in [1.165, 1.54) is 11.3 Å². The van der Waals surface area contributed by atoms with Crippen molar-refractivity contribution in [2.75, 3.05) is 10.6 Å². The molecule has 0 fully saturated rings. The Morgan fingerprint density at radius 1 is 0.966 bits per heavy atom. The number of nitrogens with zero attached hydrogens (tertiary/aromatic N) is 2. The van der Waals surface area contributed by atoms with Crippen molar-refractivity contribution in [3.05, 3.63) is 59.1 Å². The van der Waals surface area contributed by atoms with Crippen LogP contribution >= 0.6 is 27.3 Å². The Morgan fingerprint density at radius 2 is 1.66 bits per heavy atom. The molecule has 0 saturated carbocycles. The molecule has 0 spiro atoms. The third-order valence-corrected chi connectivity index (χ3v) is 5.61. The fourth-order valence-electron chi connectivity index (χ4n) is 2.55. The van der Waals surface area contributed by atoms with Gasteiger partial charge in [-0.05, 0) is 34.0 Å². The summed E-state index contributed by atoms with van der Waals surface area (Å²) in [4.78, 5) is 25.1. The lowest BCUT2D eigenvalue weighted by Crippen LogP contribution is -2.48. The Hall–Kier alpha value is -2.78. The van der Waals surface area contributed by atoms with Gasteiger partial charge in [-0.25, -0.2) is 4.79 Å². The van der Waals surface area contributed by atoms with Crippen LogP contribution in [-0.4, -0.2) is 28.2 Å². The molecule has 29 heavy (non-hydrogen) atoms. The predicted octanol–water partition coefficient (Wildman–Crippen LogP) is 4.75. The van der Waals surface area contributed by atoms with Crippen LogP contribution in [-0.2, 0) is 4.79 Å². The Labute approximate surface area is 181 Å². The minimum atomic E-state index is -0.735. The van der Waals surface area contributed by atoms with Crippen molar-refractivity contribution in [3.63, 3.8) is 0 Å². The van der Waals surface area contributed by atoms with E-state index in [1.54, 1.807) is 6.07 Å². The second kappa shape index (κ2) is 9.62. The first-order valence-corrected chi connectivity index (χ1v) is 10.6. The van der Waals surface area contributed by atoms with Gasteiger partial charge in [0.05, 0.1) is 5.69 Å². The van der Waals surface area contributed by atoms with E-state index in [9.17, 15) is 9.59 Å². The quantitative estimate of drug-likeness (QED) is 0.480. The summed E-state index contributed by atoms with van der Waals surface area (Å²) >= 11 is 4.66. The predicted molar refractivity (Wildman–Crippen MR) is 119 cm³/mol. The maximum Gasteiger partial charge on any atom is 0.319 e. The standard InChI is InChI=1S/C20H20BrN5O2S/c1-12(2)16(23-19(28)22-15-11-7-6-10-14(15)21)17(27)24-20-26-25-18(29-20)13-8-4-3-5-9-13/h3-12,16H,1-2H3,(H2,22,23,28)(H,24,26,27). The molecule has 1 heterocycles. The molecule has 9 heteroatoms. The van der Waals surface area contributed by atoms with Crippen LogP contribution in [0.4, 0.5) is 15.6 Å². The second-order valence-corrected chi connectivity index (χ2v) is 8.40. The van der Waals surface area contributed by atoms with Crippen LogP contribution in [0.15, 0.2) is 59.1 Å². The Morgan fingerprint density at radius 3 is 2.34 bits per heavy atom.